The van der Waals surface area contributed by atoms with E-state index in [9.17, 15) is 9.50 Å². The molecular weight excluding hydrogens is 325 g/mol. The van der Waals surface area contributed by atoms with E-state index in [1.54, 1.807) is 24.3 Å². The topological polar surface area (TPSA) is 60.7 Å². The highest BCUT2D eigenvalue weighted by atomic mass is 79.9. The van der Waals surface area contributed by atoms with E-state index in [0.29, 0.717) is 5.39 Å². The van der Waals surface area contributed by atoms with Crippen molar-refractivity contribution in [2.75, 3.05) is 0 Å². The maximum atomic E-state index is 13.5. The van der Waals surface area contributed by atoms with Gasteiger partial charge in [-0.15, -0.1) is 10.2 Å². The van der Waals surface area contributed by atoms with Crippen molar-refractivity contribution in [3.8, 4) is 5.88 Å². The van der Waals surface area contributed by atoms with Gasteiger partial charge in [0, 0.05) is 9.86 Å². The van der Waals surface area contributed by atoms with Gasteiger partial charge in [-0.2, -0.15) is 0 Å². The largest absolute Gasteiger partial charge is 0.493 e. The minimum Gasteiger partial charge on any atom is -0.493 e. The quantitative estimate of drug-likeness (QED) is 0.623. The molecule has 3 rings (SSSR count). The van der Waals surface area contributed by atoms with Gasteiger partial charge in [0.2, 0.25) is 5.88 Å². The Morgan fingerprint density at radius 1 is 1.10 bits per heavy atom. The molecule has 0 saturated heterocycles. The molecule has 1 aromatic heterocycles. The highest BCUT2D eigenvalue weighted by molar-refractivity contribution is 9.10. The summed E-state index contributed by atoms with van der Waals surface area (Å²) < 4.78 is 14.3. The van der Waals surface area contributed by atoms with Crippen molar-refractivity contribution < 1.29 is 9.50 Å². The van der Waals surface area contributed by atoms with E-state index < -0.39 is 5.82 Å². The summed E-state index contributed by atoms with van der Waals surface area (Å²) in [7, 11) is 0. The summed E-state index contributed by atoms with van der Waals surface area (Å²) in [6.45, 7) is 0. The van der Waals surface area contributed by atoms with Gasteiger partial charge in [0.25, 0.3) is 0 Å². The lowest BCUT2D eigenvalue weighted by Gasteiger charge is -1.95. The van der Waals surface area contributed by atoms with Gasteiger partial charge in [0.1, 0.15) is 5.69 Å². The Morgan fingerprint density at radius 3 is 2.70 bits per heavy atom. The average molecular weight is 334 g/mol. The number of halogens is 2. The Hall–Kier alpha value is -2.21. The predicted molar refractivity (Wildman–Crippen MR) is 78.2 cm³/mol. The van der Waals surface area contributed by atoms with Gasteiger partial charge in [-0.3, -0.25) is 0 Å². The molecule has 0 amide bonds. The first-order valence-corrected chi connectivity index (χ1v) is 6.61. The van der Waals surface area contributed by atoms with Crippen LogP contribution in [0.5, 0.6) is 5.88 Å². The summed E-state index contributed by atoms with van der Waals surface area (Å²) in [6, 6.07) is 11.5. The van der Waals surface area contributed by atoms with Crippen LogP contribution in [0.1, 0.15) is 0 Å². The third-order valence-corrected chi connectivity index (χ3v) is 3.32. The number of aromatic nitrogens is 1. The van der Waals surface area contributed by atoms with E-state index in [4.69, 9.17) is 0 Å². The summed E-state index contributed by atoms with van der Waals surface area (Å²) in [5.41, 5.74) is 1.13. The molecule has 2 aromatic carbocycles. The van der Waals surface area contributed by atoms with E-state index >= 15 is 0 Å². The van der Waals surface area contributed by atoms with Crippen LogP contribution in [0.4, 0.5) is 15.8 Å². The molecule has 2 N–H and O–H groups in total. The molecule has 4 nitrogen and oxygen atoms in total. The van der Waals surface area contributed by atoms with E-state index in [0.717, 1.165) is 9.99 Å². The molecule has 1 heterocycles. The van der Waals surface area contributed by atoms with E-state index in [1.807, 2.05) is 6.07 Å². The first-order chi connectivity index (χ1) is 9.65. The van der Waals surface area contributed by atoms with Crippen LogP contribution in [0.3, 0.4) is 0 Å². The Labute approximate surface area is 122 Å². The number of hydrogen-bond acceptors (Lipinski definition) is 3. The van der Waals surface area contributed by atoms with Crippen LogP contribution in [0.2, 0.25) is 0 Å². The molecule has 3 aromatic rings. The Bertz CT molecular complexity index is 813. The fraction of sp³-hybridized carbons (Fsp3) is 0. The second-order valence-corrected chi connectivity index (χ2v) is 5.08. The number of hydrogen-bond donors (Lipinski definition) is 2. The van der Waals surface area contributed by atoms with Crippen molar-refractivity contribution in [2.45, 2.75) is 0 Å². The van der Waals surface area contributed by atoms with Gasteiger partial charge in [-0.05, 0) is 30.3 Å². The average Bonchev–Trinajstić information content (AvgIpc) is 2.73. The zero-order valence-electron chi connectivity index (χ0n) is 10.1. The van der Waals surface area contributed by atoms with Crippen LogP contribution in [0.15, 0.2) is 57.2 Å². The molecule has 0 atom stereocenters. The summed E-state index contributed by atoms with van der Waals surface area (Å²) in [4.78, 5) is 2.79. The summed E-state index contributed by atoms with van der Waals surface area (Å²) in [6.07, 6.45) is 0. The van der Waals surface area contributed by atoms with Crippen molar-refractivity contribution in [3.63, 3.8) is 0 Å². The first-order valence-electron chi connectivity index (χ1n) is 5.81. The number of aromatic hydroxyl groups is 1. The summed E-state index contributed by atoms with van der Waals surface area (Å²) >= 11 is 3.36. The third-order valence-electron chi connectivity index (χ3n) is 2.82. The van der Waals surface area contributed by atoms with Crippen LogP contribution in [0.25, 0.3) is 10.9 Å². The maximum Gasteiger partial charge on any atom is 0.218 e. The van der Waals surface area contributed by atoms with Crippen LogP contribution in [-0.2, 0) is 0 Å². The molecule has 0 spiro atoms. The van der Waals surface area contributed by atoms with Gasteiger partial charge in [-0.1, -0.05) is 28.1 Å². The summed E-state index contributed by atoms with van der Waals surface area (Å²) in [5.74, 6) is -0.560. The maximum absolute atomic E-state index is 13.5. The molecule has 0 saturated carbocycles. The molecule has 0 fully saturated rings. The lowest BCUT2D eigenvalue weighted by atomic mass is 10.2. The van der Waals surface area contributed by atoms with Crippen molar-refractivity contribution in [1.82, 2.24) is 4.98 Å². The molecule has 0 aliphatic carbocycles. The fourth-order valence-corrected chi connectivity index (χ4v) is 2.23. The Balaban J connectivity index is 2.09. The van der Waals surface area contributed by atoms with Crippen LogP contribution >= 0.6 is 15.9 Å². The minimum absolute atomic E-state index is 0.0989. The molecule has 100 valence electrons. The van der Waals surface area contributed by atoms with Gasteiger partial charge < -0.3 is 10.1 Å². The van der Waals surface area contributed by atoms with Crippen LogP contribution in [0, 0.1) is 5.82 Å². The van der Waals surface area contributed by atoms with Gasteiger partial charge in [0.15, 0.2) is 11.5 Å². The van der Waals surface area contributed by atoms with Gasteiger partial charge >= 0.3 is 0 Å². The summed E-state index contributed by atoms with van der Waals surface area (Å²) in [5, 5.41) is 18.4. The van der Waals surface area contributed by atoms with Crippen LogP contribution < -0.4 is 0 Å². The number of azo groups is 1. The molecule has 0 bridgehead atoms. The van der Waals surface area contributed by atoms with Crippen molar-refractivity contribution in [2.24, 2.45) is 10.2 Å². The van der Waals surface area contributed by atoms with Gasteiger partial charge in [-0.25, -0.2) is 4.39 Å². The SMILES string of the molecule is Oc1[nH]c2ccc(Br)cc2c1N=Nc1ccccc1F. The normalized spacial score (nSPS) is 11.5. The highest BCUT2D eigenvalue weighted by Crippen LogP contribution is 2.37. The van der Waals surface area contributed by atoms with Gasteiger partial charge in [0.05, 0.1) is 5.52 Å². The standard InChI is InChI=1S/C14H9BrFN3O/c15-8-5-6-11-9(7-8)13(14(20)17-11)19-18-12-4-2-1-3-10(12)16/h1-7,17,20H. The third kappa shape index (κ3) is 2.30. The van der Waals surface area contributed by atoms with Crippen molar-refractivity contribution in [3.05, 3.63) is 52.8 Å². The van der Waals surface area contributed by atoms with Crippen molar-refractivity contribution in [1.29, 1.82) is 0 Å². The molecule has 6 heteroatoms. The number of aromatic amines is 1. The smallest absolute Gasteiger partial charge is 0.218 e. The number of benzene rings is 2. The van der Waals surface area contributed by atoms with Crippen LogP contribution in [-0.4, -0.2) is 10.1 Å². The molecule has 0 radical (unpaired) electrons. The molecule has 0 unspecified atom stereocenters. The van der Waals surface area contributed by atoms with Crippen molar-refractivity contribution >= 4 is 38.2 Å². The zero-order valence-corrected chi connectivity index (χ0v) is 11.7. The second-order valence-electron chi connectivity index (χ2n) is 4.16. The molecular formula is C14H9BrFN3O. The first kappa shape index (κ1) is 12.8. The predicted octanol–water partition coefficient (Wildman–Crippen LogP) is 5.19. The van der Waals surface area contributed by atoms with E-state index in [2.05, 4.69) is 31.1 Å². The fourth-order valence-electron chi connectivity index (χ4n) is 1.87. The number of nitrogens with zero attached hydrogens (tertiary/aromatic N) is 2. The molecule has 20 heavy (non-hydrogen) atoms. The second kappa shape index (κ2) is 5.05. The number of rotatable bonds is 2. The lowest BCUT2D eigenvalue weighted by Crippen LogP contribution is -1.72. The number of nitrogens with one attached hydrogen (secondary N) is 1. The number of H-pyrrole nitrogens is 1. The lowest BCUT2D eigenvalue weighted by molar-refractivity contribution is 0.459. The minimum atomic E-state index is -0.461. The molecule has 0 aliphatic heterocycles. The monoisotopic (exact) mass is 333 g/mol. The van der Waals surface area contributed by atoms with E-state index in [1.165, 1.54) is 12.1 Å². The Morgan fingerprint density at radius 2 is 1.90 bits per heavy atom. The molecule has 0 aliphatic rings. The zero-order chi connectivity index (χ0) is 14.1. The number of fused-ring (bicyclic) bond motifs is 1. The Kier molecular flexibility index (Phi) is 3.23. The van der Waals surface area contributed by atoms with E-state index in [-0.39, 0.29) is 17.3 Å². The highest BCUT2D eigenvalue weighted by Gasteiger charge is 2.11.